The average Bonchev–Trinajstić information content (AvgIpc) is 2.30. The quantitative estimate of drug-likeness (QED) is 0.278. The summed E-state index contributed by atoms with van der Waals surface area (Å²) in [6.07, 6.45) is 13.6. The summed E-state index contributed by atoms with van der Waals surface area (Å²) in [5, 5.41) is 0. The normalized spacial score (nSPS) is 12.3. The van der Waals surface area contributed by atoms with Gasteiger partial charge in [-0.1, -0.05) is 72.1 Å². The van der Waals surface area contributed by atoms with Crippen LogP contribution in [0, 0.1) is 18.3 Å². The van der Waals surface area contributed by atoms with Crippen LogP contribution in [0.2, 0.25) is 0 Å². The summed E-state index contributed by atoms with van der Waals surface area (Å²) in [5.74, 6) is 1.82. The van der Waals surface area contributed by atoms with Crippen LogP contribution >= 0.6 is 0 Å². The Labute approximate surface area is 154 Å². The molecule has 0 fully saturated rings. The molecule has 0 bridgehead atoms. The smallest absolute Gasteiger partial charge is 0.328 e. The second kappa shape index (κ2) is 17.2. The van der Waals surface area contributed by atoms with Gasteiger partial charge in [0, 0.05) is 0 Å². The van der Waals surface area contributed by atoms with Crippen molar-refractivity contribution in [3.8, 4) is 0 Å². The standard InChI is InChI=1S/C15H31.Na.H2O4S/c1-5-7-8-12-15(6-2)13-10-9-11-14(3)4;;1-5(2,3)4/h9,14-15H,5-8,10-13H2,1-4H3;;(H2,1,2,3,4)/q-1;+1;. The molecule has 0 aliphatic carbocycles. The molecule has 124 valence electrons. The minimum absolute atomic E-state index is 0. The van der Waals surface area contributed by atoms with Crippen LogP contribution in [0.15, 0.2) is 0 Å². The summed E-state index contributed by atoms with van der Waals surface area (Å²) in [4.78, 5) is 0. The van der Waals surface area contributed by atoms with Gasteiger partial charge in [0.15, 0.2) is 0 Å². The van der Waals surface area contributed by atoms with Gasteiger partial charge >= 0.3 is 40.0 Å². The van der Waals surface area contributed by atoms with E-state index in [1.165, 1.54) is 51.4 Å². The molecule has 0 rings (SSSR count). The van der Waals surface area contributed by atoms with E-state index in [0.29, 0.717) is 0 Å². The first-order valence-corrected chi connectivity index (χ1v) is 9.11. The zero-order valence-corrected chi connectivity index (χ0v) is 17.3. The summed E-state index contributed by atoms with van der Waals surface area (Å²) in [6.45, 7) is 9.24. The summed E-state index contributed by atoms with van der Waals surface area (Å²) in [7, 11) is -4.67. The first kappa shape index (κ1) is 26.8. The summed E-state index contributed by atoms with van der Waals surface area (Å²) in [6, 6.07) is 0. The molecule has 4 nitrogen and oxygen atoms in total. The van der Waals surface area contributed by atoms with Crippen molar-refractivity contribution in [3.63, 3.8) is 0 Å². The molecule has 0 aliphatic rings. The predicted octanol–water partition coefficient (Wildman–Crippen LogP) is 1.97. The molecule has 0 aliphatic heterocycles. The van der Waals surface area contributed by atoms with Gasteiger partial charge in [-0.05, 0) is 5.92 Å². The van der Waals surface area contributed by atoms with Gasteiger partial charge in [-0.15, -0.1) is 0 Å². The second-order valence-electron chi connectivity index (χ2n) is 5.71. The Morgan fingerprint density at radius 1 is 1.05 bits per heavy atom. The zero-order chi connectivity index (χ0) is 16.0. The van der Waals surface area contributed by atoms with Gasteiger partial charge in [0.25, 0.3) is 0 Å². The predicted molar refractivity (Wildman–Crippen MR) is 85.1 cm³/mol. The van der Waals surface area contributed by atoms with Crippen LogP contribution in [0.4, 0.5) is 0 Å². The van der Waals surface area contributed by atoms with Gasteiger partial charge in [-0.2, -0.15) is 21.3 Å². The van der Waals surface area contributed by atoms with Crippen LogP contribution in [0.25, 0.3) is 0 Å². The molecule has 0 aromatic heterocycles. The second-order valence-corrected chi connectivity index (χ2v) is 6.61. The van der Waals surface area contributed by atoms with Crippen molar-refractivity contribution >= 4 is 10.4 Å². The Hall–Kier alpha value is 0.870. The van der Waals surface area contributed by atoms with E-state index < -0.39 is 10.4 Å². The number of unbranched alkanes of at least 4 members (excludes halogenated alkanes) is 3. The Bertz CT molecular complexity index is 284. The van der Waals surface area contributed by atoms with E-state index in [9.17, 15) is 0 Å². The summed E-state index contributed by atoms with van der Waals surface area (Å²) >= 11 is 0. The van der Waals surface area contributed by atoms with Crippen molar-refractivity contribution in [3.05, 3.63) is 6.42 Å². The van der Waals surface area contributed by atoms with E-state index >= 15 is 0 Å². The van der Waals surface area contributed by atoms with Gasteiger partial charge in [-0.25, -0.2) is 0 Å². The van der Waals surface area contributed by atoms with E-state index in [1.54, 1.807) is 0 Å². The molecule has 6 heteroatoms. The molecule has 0 aromatic carbocycles. The molecule has 0 saturated carbocycles. The molecule has 21 heavy (non-hydrogen) atoms. The molecule has 0 heterocycles. The van der Waals surface area contributed by atoms with Crippen molar-refractivity contribution < 1.29 is 47.1 Å². The Kier molecular flexibility index (Phi) is 21.9. The van der Waals surface area contributed by atoms with Gasteiger partial charge in [0.1, 0.15) is 0 Å². The van der Waals surface area contributed by atoms with Gasteiger partial charge in [0.05, 0.1) is 0 Å². The fourth-order valence-electron chi connectivity index (χ4n) is 2.04. The molecule has 0 radical (unpaired) electrons. The molecule has 1 unspecified atom stereocenters. The van der Waals surface area contributed by atoms with Gasteiger partial charge in [-0.3, -0.25) is 9.11 Å². The Morgan fingerprint density at radius 2 is 1.57 bits per heavy atom. The number of rotatable bonds is 10. The van der Waals surface area contributed by atoms with E-state index in [0.717, 1.165) is 11.8 Å². The zero-order valence-electron chi connectivity index (χ0n) is 14.5. The van der Waals surface area contributed by atoms with Gasteiger partial charge < -0.3 is 6.42 Å². The first-order chi connectivity index (χ1) is 9.20. The maximum absolute atomic E-state index is 8.74. The summed E-state index contributed by atoms with van der Waals surface area (Å²) in [5.41, 5.74) is 0. The minimum atomic E-state index is -4.67. The fraction of sp³-hybridized carbons (Fsp3) is 0.933. The number of hydrogen-bond donors (Lipinski definition) is 2. The van der Waals surface area contributed by atoms with Crippen molar-refractivity contribution in [2.24, 2.45) is 11.8 Å². The molecule has 1 atom stereocenters. The van der Waals surface area contributed by atoms with Gasteiger partial charge in [0.2, 0.25) is 0 Å². The van der Waals surface area contributed by atoms with Crippen LogP contribution in [0.1, 0.15) is 79.1 Å². The third kappa shape index (κ3) is 33.6. The molecule has 0 aromatic rings. The van der Waals surface area contributed by atoms with Crippen LogP contribution in [0.3, 0.4) is 0 Å². The summed E-state index contributed by atoms with van der Waals surface area (Å²) < 4.78 is 31.6. The monoisotopic (exact) mass is 332 g/mol. The van der Waals surface area contributed by atoms with E-state index in [-0.39, 0.29) is 29.6 Å². The largest absolute Gasteiger partial charge is 1.00 e. The average molecular weight is 332 g/mol. The third-order valence-electron chi connectivity index (χ3n) is 3.21. The number of hydrogen-bond acceptors (Lipinski definition) is 2. The SMILES string of the molecule is CCCCCC(CC)CC[CH-]CC(C)C.O=S(=O)(O)O.[Na+]. The molecule has 0 spiro atoms. The molecule has 0 saturated heterocycles. The van der Waals surface area contributed by atoms with E-state index in [4.69, 9.17) is 17.5 Å². The van der Waals surface area contributed by atoms with Crippen molar-refractivity contribution in [2.75, 3.05) is 0 Å². The minimum Gasteiger partial charge on any atom is -0.328 e. The van der Waals surface area contributed by atoms with Crippen molar-refractivity contribution in [1.29, 1.82) is 0 Å². The fourth-order valence-corrected chi connectivity index (χ4v) is 2.04. The third-order valence-corrected chi connectivity index (χ3v) is 3.21. The van der Waals surface area contributed by atoms with Crippen LogP contribution in [0.5, 0.6) is 0 Å². The Morgan fingerprint density at radius 3 is 1.95 bits per heavy atom. The first-order valence-electron chi connectivity index (χ1n) is 7.72. The van der Waals surface area contributed by atoms with Crippen LogP contribution < -0.4 is 29.6 Å². The molecular weight excluding hydrogens is 299 g/mol. The van der Waals surface area contributed by atoms with Crippen LogP contribution in [-0.4, -0.2) is 17.5 Å². The van der Waals surface area contributed by atoms with Crippen molar-refractivity contribution in [1.82, 2.24) is 0 Å². The topological polar surface area (TPSA) is 74.6 Å². The maximum Gasteiger partial charge on any atom is 1.00 e. The van der Waals surface area contributed by atoms with Crippen molar-refractivity contribution in [2.45, 2.75) is 79.1 Å². The maximum atomic E-state index is 8.74. The van der Waals surface area contributed by atoms with E-state index in [1.807, 2.05) is 0 Å². The molecule has 2 N–H and O–H groups in total. The van der Waals surface area contributed by atoms with Crippen LogP contribution in [-0.2, 0) is 10.4 Å². The molecule has 0 amide bonds. The Balaban J connectivity index is -0.000000465. The van der Waals surface area contributed by atoms with E-state index in [2.05, 4.69) is 34.1 Å². The molecular formula is C15H33NaO4S.